The molecule has 0 bridgehead atoms. The van der Waals surface area contributed by atoms with Gasteiger partial charge in [-0.05, 0) is 34.5 Å². The predicted octanol–water partition coefficient (Wildman–Crippen LogP) is 2.17. The van der Waals surface area contributed by atoms with Gasteiger partial charge in [0.15, 0.2) is 0 Å². The zero-order valence-corrected chi connectivity index (χ0v) is 10.9. The van der Waals surface area contributed by atoms with Gasteiger partial charge in [0.25, 0.3) is 5.91 Å². The molecular weight excluding hydrogens is 262 g/mol. The van der Waals surface area contributed by atoms with Crippen LogP contribution in [0.2, 0.25) is 0 Å². The Kier molecular flexibility index (Phi) is 4.30. The van der Waals surface area contributed by atoms with Crippen LogP contribution in [0.4, 0.5) is 0 Å². The molecule has 0 unspecified atom stereocenters. The normalized spacial score (nSPS) is 11.8. The molecule has 0 spiro atoms. The summed E-state index contributed by atoms with van der Waals surface area (Å²) in [5.74, 6) is -1.40. The summed E-state index contributed by atoms with van der Waals surface area (Å²) in [6, 6.07) is 9.53. The number of carboxylic acid groups (broad SMARTS) is 1. The molecule has 0 aliphatic heterocycles. The van der Waals surface area contributed by atoms with Gasteiger partial charge in [-0.25, -0.2) is 4.79 Å². The van der Waals surface area contributed by atoms with E-state index in [0.717, 1.165) is 5.56 Å². The van der Waals surface area contributed by atoms with Crippen molar-refractivity contribution in [2.75, 3.05) is 0 Å². The molecular formula is C14H13NO3S. The number of carboxylic acids is 1. The number of hydrogen-bond acceptors (Lipinski definition) is 3. The Morgan fingerprint density at radius 2 is 1.95 bits per heavy atom. The van der Waals surface area contributed by atoms with Crippen LogP contribution in [0.25, 0.3) is 0 Å². The maximum Gasteiger partial charge on any atom is 0.326 e. The highest BCUT2D eigenvalue weighted by atomic mass is 32.1. The van der Waals surface area contributed by atoms with Crippen molar-refractivity contribution in [1.29, 1.82) is 0 Å². The summed E-state index contributed by atoms with van der Waals surface area (Å²) in [6.07, 6.45) is 0.289. The second-order valence-corrected chi connectivity index (χ2v) is 4.85. The third-order valence-corrected chi connectivity index (χ3v) is 3.39. The second-order valence-electron chi connectivity index (χ2n) is 4.07. The van der Waals surface area contributed by atoms with Crippen LogP contribution in [0.15, 0.2) is 47.2 Å². The minimum absolute atomic E-state index is 0.289. The first-order valence-electron chi connectivity index (χ1n) is 5.76. The fourth-order valence-electron chi connectivity index (χ4n) is 1.68. The van der Waals surface area contributed by atoms with Crippen molar-refractivity contribution >= 4 is 23.2 Å². The smallest absolute Gasteiger partial charge is 0.326 e. The number of thiophene rings is 1. The van der Waals surface area contributed by atoms with E-state index in [1.54, 1.807) is 30.3 Å². The van der Waals surface area contributed by atoms with Crippen molar-refractivity contribution in [3.63, 3.8) is 0 Å². The van der Waals surface area contributed by atoms with Gasteiger partial charge in [0.05, 0.1) is 0 Å². The Balaban J connectivity index is 2.05. The van der Waals surface area contributed by atoms with Crippen molar-refractivity contribution in [2.45, 2.75) is 12.5 Å². The van der Waals surface area contributed by atoms with E-state index in [4.69, 9.17) is 5.11 Å². The van der Waals surface area contributed by atoms with Crippen molar-refractivity contribution in [3.8, 4) is 0 Å². The summed E-state index contributed by atoms with van der Waals surface area (Å²) in [7, 11) is 0. The molecule has 0 fully saturated rings. The van der Waals surface area contributed by atoms with E-state index in [-0.39, 0.29) is 12.3 Å². The lowest BCUT2D eigenvalue weighted by atomic mass is 10.1. The Morgan fingerprint density at radius 1 is 1.21 bits per heavy atom. The summed E-state index contributed by atoms with van der Waals surface area (Å²) >= 11 is 1.50. The molecule has 5 heteroatoms. The quantitative estimate of drug-likeness (QED) is 0.879. The van der Waals surface area contributed by atoms with E-state index < -0.39 is 12.0 Å². The van der Waals surface area contributed by atoms with Crippen LogP contribution in [-0.2, 0) is 11.2 Å². The van der Waals surface area contributed by atoms with E-state index in [9.17, 15) is 9.59 Å². The number of amides is 1. The number of carbonyl (C=O) groups excluding carboxylic acids is 1. The van der Waals surface area contributed by atoms with E-state index >= 15 is 0 Å². The molecule has 0 aliphatic carbocycles. The summed E-state index contributed by atoms with van der Waals surface area (Å²) < 4.78 is 0. The topological polar surface area (TPSA) is 66.4 Å². The van der Waals surface area contributed by atoms with Gasteiger partial charge >= 0.3 is 5.97 Å². The van der Waals surface area contributed by atoms with Crippen LogP contribution in [-0.4, -0.2) is 23.0 Å². The summed E-state index contributed by atoms with van der Waals surface area (Å²) in [5, 5.41) is 15.5. The Bertz CT molecular complexity index is 551. The SMILES string of the molecule is O=C(N[C@H](Cc1ccsc1)C(=O)O)c1ccccc1. The van der Waals surface area contributed by atoms with Crippen LogP contribution < -0.4 is 5.32 Å². The van der Waals surface area contributed by atoms with Crippen molar-refractivity contribution < 1.29 is 14.7 Å². The largest absolute Gasteiger partial charge is 0.480 e. The number of hydrogen-bond donors (Lipinski definition) is 2. The van der Waals surface area contributed by atoms with Gasteiger partial charge in [-0.15, -0.1) is 0 Å². The van der Waals surface area contributed by atoms with Gasteiger partial charge in [0.2, 0.25) is 0 Å². The van der Waals surface area contributed by atoms with E-state index in [0.29, 0.717) is 5.56 Å². The monoisotopic (exact) mass is 275 g/mol. The minimum atomic E-state index is -1.03. The van der Waals surface area contributed by atoms with Crippen LogP contribution in [0, 0.1) is 0 Å². The molecule has 0 radical (unpaired) electrons. The number of carbonyl (C=O) groups is 2. The number of nitrogens with one attached hydrogen (secondary N) is 1. The molecule has 0 aliphatic rings. The zero-order chi connectivity index (χ0) is 13.7. The Labute approximate surface area is 114 Å². The summed E-state index contributed by atoms with van der Waals surface area (Å²) in [4.78, 5) is 23.1. The maximum absolute atomic E-state index is 11.9. The number of benzene rings is 1. The highest BCUT2D eigenvalue weighted by Gasteiger charge is 2.21. The molecule has 4 nitrogen and oxygen atoms in total. The molecule has 19 heavy (non-hydrogen) atoms. The van der Waals surface area contributed by atoms with Crippen LogP contribution in [0.1, 0.15) is 15.9 Å². The molecule has 0 saturated carbocycles. The number of rotatable bonds is 5. The molecule has 98 valence electrons. The first-order valence-corrected chi connectivity index (χ1v) is 6.71. The van der Waals surface area contributed by atoms with E-state index in [2.05, 4.69) is 5.32 Å². The minimum Gasteiger partial charge on any atom is -0.480 e. The zero-order valence-electron chi connectivity index (χ0n) is 10.1. The molecule has 0 saturated heterocycles. The predicted molar refractivity (Wildman–Crippen MR) is 73.4 cm³/mol. The standard InChI is InChI=1S/C14H13NO3S/c16-13(11-4-2-1-3-5-11)15-12(14(17)18)8-10-6-7-19-9-10/h1-7,9,12H,8H2,(H,15,16)(H,17,18)/t12-/m1/s1. The van der Waals surface area contributed by atoms with Crippen molar-refractivity contribution in [1.82, 2.24) is 5.32 Å². The first-order chi connectivity index (χ1) is 9.16. The van der Waals surface area contributed by atoms with E-state index in [1.165, 1.54) is 11.3 Å². The van der Waals surface area contributed by atoms with Gasteiger partial charge in [0, 0.05) is 12.0 Å². The molecule has 2 N–H and O–H groups in total. The lowest BCUT2D eigenvalue weighted by Gasteiger charge is -2.13. The highest BCUT2D eigenvalue weighted by Crippen LogP contribution is 2.09. The van der Waals surface area contributed by atoms with Crippen molar-refractivity contribution in [2.24, 2.45) is 0 Å². The molecule has 2 aromatic rings. The molecule has 1 atom stereocenters. The average molecular weight is 275 g/mol. The first kappa shape index (κ1) is 13.3. The maximum atomic E-state index is 11.9. The second kappa shape index (κ2) is 6.15. The molecule has 1 aromatic heterocycles. The van der Waals surface area contributed by atoms with Gasteiger partial charge in [-0.3, -0.25) is 4.79 Å². The Morgan fingerprint density at radius 3 is 2.53 bits per heavy atom. The lowest BCUT2D eigenvalue weighted by molar-refractivity contribution is -0.139. The summed E-state index contributed by atoms with van der Waals surface area (Å²) in [6.45, 7) is 0. The Hall–Kier alpha value is -2.14. The molecule has 1 heterocycles. The fraction of sp³-hybridized carbons (Fsp3) is 0.143. The third kappa shape index (κ3) is 3.66. The van der Waals surface area contributed by atoms with Crippen LogP contribution in [0.3, 0.4) is 0 Å². The van der Waals surface area contributed by atoms with E-state index in [1.807, 2.05) is 16.8 Å². The van der Waals surface area contributed by atoms with Crippen molar-refractivity contribution in [3.05, 3.63) is 58.3 Å². The molecule has 2 rings (SSSR count). The third-order valence-electron chi connectivity index (χ3n) is 2.66. The molecule has 1 amide bonds. The van der Waals surface area contributed by atoms with Crippen LogP contribution >= 0.6 is 11.3 Å². The van der Waals surface area contributed by atoms with Gasteiger partial charge < -0.3 is 10.4 Å². The lowest BCUT2D eigenvalue weighted by Crippen LogP contribution is -2.42. The van der Waals surface area contributed by atoms with Gasteiger partial charge in [-0.1, -0.05) is 18.2 Å². The van der Waals surface area contributed by atoms with Crippen LogP contribution in [0.5, 0.6) is 0 Å². The average Bonchev–Trinajstić information content (AvgIpc) is 2.91. The highest BCUT2D eigenvalue weighted by molar-refractivity contribution is 7.07. The molecule has 1 aromatic carbocycles. The summed E-state index contributed by atoms with van der Waals surface area (Å²) in [5.41, 5.74) is 1.37. The number of aliphatic carboxylic acids is 1. The van der Waals surface area contributed by atoms with Gasteiger partial charge in [-0.2, -0.15) is 11.3 Å². The van der Waals surface area contributed by atoms with Gasteiger partial charge in [0.1, 0.15) is 6.04 Å². The fourth-order valence-corrected chi connectivity index (χ4v) is 2.36.